The van der Waals surface area contributed by atoms with E-state index in [2.05, 4.69) is 9.12 Å². The molecule has 2 aliphatic rings. The van der Waals surface area contributed by atoms with E-state index in [-0.39, 0.29) is 24.6 Å². The summed E-state index contributed by atoms with van der Waals surface area (Å²) in [6.45, 7) is 6.36. The van der Waals surface area contributed by atoms with Gasteiger partial charge in [-0.3, -0.25) is 4.72 Å². The second-order valence-electron chi connectivity index (χ2n) is 7.87. The molecule has 3 rings (SSSR count). The number of likely N-dealkylation sites (tertiary alicyclic amines) is 1. The number of benzene rings is 1. The van der Waals surface area contributed by atoms with Gasteiger partial charge >= 0.3 is 16.3 Å². The number of anilines is 1. The Hall–Kier alpha value is -2.49. The first kappa shape index (κ1) is 20.2. The summed E-state index contributed by atoms with van der Waals surface area (Å²) in [7, 11) is -3.85. The standard InChI is InChI=1S/C18H26N4O5S/c1-18(2,3)27-17(23)22-10-5-4-7-12(22)11-26-14-9-6-8-13-15(14)16(19)21-28(24,25)20-13/h6,8-9,12,20H,4-5,7,10-11H2,1-3H3,(H2,19,21). The molecule has 0 saturated carbocycles. The first-order valence-electron chi connectivity index (χ1n) is 9.20. The molecule has 1 atom stereocenters. The number of nitrogens with two attached hydrogens (primary N) is 1. The van der Waals surface area contributed by atoms with E-state index < -0.39 is 15.8 Å². The van der Waals surface area contributed by atoms with Crippen LogP contribution in [0, 0.1) is 0 Å². The van der Waals surface area contributed by atoms with Gasteiger partial charge in [0.1, 0.15) is 18.0 Å². The van der Waals surface area contributed by atoms with Crippen molar-refractivity contribution in [2.75, 3.05) is 17.9 Å². The predicted octanol–water partition coefficient (Wildman–Crippen LogP) is 2.23. The minimum absolute atomic E-state index is 0.128. The highest BCUT2D eigenvalue weighted by atomic mass is 32.2. The lowest BCUT2D eigenvalue weighted by Gasteiger charge is -2.36. The Morgan fingerprint density at radius 1 is 1.36 bits per heavy atom. The zero-order valence-electron chi connectivity index (χ0n) is 16.3. The van der Waals surface area contributed by atoms with Crippen molar-refractivity contribution in [3.63, 3.8) is 0 Å². The number of hydrogen-bond acceptors (Lipinski definition) is 6. The van der Waals surface area contributed by atoms with E-state index in [1.807, 2.05) is 20.8 Å². The van der Waals surface area contributed by atoms with Gasteiger partial charge in [0.25, 0.3) is 0 Å². The Balaban J connectivity index is 1.76. The molecule has 1 unspecified atom stereocenters. The second-order valence-corrected chi connectivity index (χ2v) is 9.20. The fourth-order valence-electron chi connectivity index (χ4n) is 3.26. The van der Waals surface area contributed by atoms with Gasteiger partial charge in [-0.2, -0.15) is 8.42 Å². The van der Waals surface area contributed by atoms with Crippen molar-refractivity contribution in [1.82, 2.24) is 4.90 Å². The van der Waals surface area contributed by atoms with Crippen LogP contribution in [0.4, 0.5) is 10.5 Å². The number of piperidine rings is 1. The van der Waals surface area contributed by atoms with Crippen LogP contribution in [0.2, 0.25) is 0 Å². The Morgan fingerprint density at radius 3 is 2.82 bits per heavy atom. The minimum Gasteiger partial charge on any atom is -0.491 e. The van der Waals surface area contributed by atoms with E-state index in [0.717, 1.165) is 19.3 Å². The van der Waals surface area contributed by atoms with Crippen LogP contribution in [0.15, 0.2) is 22.6 Å². The van der Waals surface area contributed by atoms with Gasteiger partial charge < -0.3 is 20.1 Å². The maximum Gasteiger partial charge on any atom is 0.410 e. The van der Waals surface area contributed by atoms with Crippen molar-refractivity contribution < 1.29 is 22.7 Å². The lowest BCUT2D eigenvalue weighted by atomic mass is 10.0. The number of nitrogens with one attached hydrogen (secondary N) is 1. The second kappa shape index (κ2) is 7.50. The fourth-order valence-corrected chi connectivity index (χ4v) is 4.10. The number of rotatable bonds is 3. The van der Waals surface area contributed by atoms with Crippen molar-refractivity contribution in [1.29, 1.82) is 0 Å². The number of carbonyl (C=O) groups is 1. The van der Waals surface area contributed by atoms with Gasteiger partial charge in [-0.15, -0.1) is 4.40 Å². The quantitative estimate of drug-likeness (QED) is 0.788. The number of ether oxygens (including phenoxy) is 2. The third kappa shape index (κ3) is 4.67. The molecule has 0 spiro atoms. The SMILES string of the molecule is CC(C)(C)OC(=O)N1CCCCC1COc1cccc2c1C(N)=NS(=O)(=O)N2. The predicted molar refractivity (Wildman–Crippen MR) is 106 cm³/mol. The highest BCUT2D eigenvalue weighted by molar-refractivity contribution is 7.91. The lowest BCUT2D eigenvalue weighted by Crippen LogP contribution is -2.48. The average Bonchev–Trinajstić information content (AvgIpc) is 2.57. The molecule has 1 amide bonds. The van der Waals surface area contributed by atoms with Crippen LogP contribution in [0.5, 0.6) is 5.75 Å². The molecular weight excluding hydrogens is 384 g/mol. The summed E-state index contributed by atoms with van der Waals surface area (Å²) in [4.78, 5) is 14.2. The highest BCUT2D eigenvalue weighted by Gasteiger charge is 2.31. The number of fused-ring (bicyclic) bond motifs is 1. The van der Waals surface area contributed by atoms with E-state index >= 15 is 0 Å². The van der Waals surface area contributed by atoms with Crippen molar-refractivity contribution in [3.8, 4) is 5.75 Å². The molecule has 0 bridgehead atoms. The summed E-state index contributed by atoms with van der Waals surface area (Å²) in [5.41, 5.74) is 5.99. The molecule has 0 radical (unpaired) electrons. The van der Waals surface area contributed by atoms with Gasteiger partial charge in [0.15, 0.2) is 5.84 Å². The van der Waals surface area contributed by atoms with E-state index in [1.54, 1.807) is 23.1 Å². The topological polar surface area (TPSA) is 123 Å². The van der Waals surface area contributed by atoms with Crippen molar-refractivity contribution >= 4 is 27.8 Å². The van der Waals surface area contributed by atoms with Gasteiger partial charge in [0, 0.05) is 6.54 Å². The van der Waals surface area contributed by atoms with Gasteiger partial charge in [0.05, 0.1) is 17.3 Å². The highest BCUT2D eigenvalue weighted by Crippen LogP contribution is 2.31. The third-order valence-electron chi connectivity index (χ3n) is 4.43. The Morgan fingerprint density at radius 2 is 2.11 bits per heavy atom. The molecule has 1 saturated heterocycles. The molecule has 10 heteroatoms. The Labute approximate surface area is 165 Å². The molecule has 0 aliphatic carbocycles. The summed E-state index contributed by atoms with van der Waals surface area (Å²) in [6, 6.07) is 4.82. The summed E-state index contributed by atoms with van der Waals surface area (Å²) >= 11 is 0. The zero-order valence-corrected chi connectivity index (χ0v) is 17.1. The fraction of sp³-hybridized carbons (Fsp3) is 0.556. The van der Waals surface area contributed by atoms with Crippen LogP contribution < -0.4 is 15.2 Å². The Kier molecular flexibility index (Phi) is 5.42. The van der Waals surface area contributed by atoms with Crippen LogP contribution in [-0.4, -0.2) is 50.0 Å². The number of carbonyl (C=O) groups excluding carboxylic acids is 1. The average molecular weight is 410 g/mol. The zero-order chi connectivity index (χ0) is 20.5. The Bertz CT molecular complexity index is 892. The summed E-state index contributed by atoms with van der Waals surface area (Å²) in [6.07, 6.45) is 2.34. The van der Waals surface area contributed by atoms with Crippen molar-refractivity contribution in [2.24, 2.45) is 10.1 Å². The van der Waals surface area contributed by atoms with Crippen molar-refractivity contribution in [3.05, 3.63) is 23.8 Å². The number of nitrogens with zero attached hydrogens (tertiary/aromatic N) is 2. The van der Waals surface area contributed by atoms with Gasteiger partial charge in [-0.25, -0.2) is 4.79 Å². The van der Waals surface area contributed by atoms with Crippen molar-refractivity contribution in [2.45, 2.75) is 51.7 Å². The maximum atomic E-state index is 12.5. The van der Waals surface area contributed by atoms with Gasteiger partial charge in [-0.1, -0.05) is 6.07 Å². The molecule has 0 aromatic heterocycles. The first-order valence-corrected chi connectivity index (χ1v) is 10.6. The number of amidine groups is 1. The third-order valence-corrected chi connectivity index (χ3v) is 5.34. The van der Waals surface area contributed by atoms with E-state index in [0.29, 0.717) is 23.5 Å². The monoisotopic (exact) mass is 410 g/mol. The van der Waals surface area contributed by atoms with Crippen LogP contribution in [0.25, 0.3) is 0 Å². The van der Waals surface area contributed by atoms with E-state index in [9.17, 15) is 13.2 Å². The van der Waals surface area contributed by atoms with Crippen LogP contribution in [0.1, 0.15) is 45.6 Å². The molecule has 28 heavy (non-hydrogen) atoms. The molecule has 1 fully saturated rings. The van der Waals surface area contributed by atoms with E-state index in [4.69, 9.17) is 15.2 Å². The number of amides is 1. The van der Waals surface area contributed by atoms with Gasteiger partial charge in [-0.05, 0) is 52.2 Å². The number of hydrogen-bond donors (Lipinski definition) is 2. The smallest absolute Gasteiger partial charge is 0.410 e. The molecule has 2 aliphatic heterocycles. The minimum atomic E-state index is -3.85. The molecule has 1 aromatic carbocycles. The molecule has 2 heterocycles. The largest absolute Gasteiger partial charge is 0.491 e. The van der Waals surface area contributed by atoms with Crippen LogP contribution >= 0.6 is 0 Å². The van der Waals surface area contributed by atoms with Crippen LogP contribution in [0.3, 0.4) is 0 Å². The first-order chi connectivity index (χ1) is 13.1. The summed E-state index contributed by atoms with van der Waals surface area (Å²) < 4.78 is 40.7. The molecule has 154 valence electrons. The normalized spacial score (nSPS) is 21.2. The molecule has 9 nitrogen and oxygen atoms in total. The maximum absolute atomic E-state index is 12.5. The molecule has 1 aromatic rings. The molecular formula is C18H26N4O5S. The van der Waals surface area contributed by atoms with E-state index in [1.165, 1.54) is 0 Å². The summed E-state index contributed by atoms with van der Waals surface area (Å²) in [5.74, 6) is 0.285. The van der Waals surface area contributed by atoms with Crippen LogP contribution in [-0.2, 0) is 14.9 Å². The lowest BCUT2D eigenvalue weighted by molar-refractivity contribution is 0.00360. The molecule has 3 N–H and O–H groups in total. The van der Waals surface area contributed by atoms with Gasteiger partial charge in [0.2, 0.25) is 0 Å². The summed E-state index contributed by atoms with van der Waals surface area (Å²) in [5, 5.41) is 0.